The molecule has 0 aromatic heterocycles. The summed E-state index contributed by atoms with van der Waals surface area (Å²) in [5.74, 6) is 0.750. The number of amides is 2. The Labute approximate surface area is 158 Å². The van der Waals surface area contributed by atoms with Crippen molar-refractivity contribution in [3.63, 3.8) is 0 Å². The second-order valence-electron chi connectivity index (χ2n) is 5.99. The maximum Gasteiger partial charge on any atom is 0.255 e. The lowest BCUT2D eigenvalue weighted by molar-refractivity contribution is -0.124. The molecule has 1 unspecified atom stereocenters. The van der Waals surface area contributed by atoms with Crippen LogP contribution in [-0.2, 0) is 4.79 Å². The third-order valence-corrected chi connectivity index (χ3v) is 3.92. The highest BCUT2D eigenvalue weighted by Crippen LogP contribution is 2.19. The number of nitrogens with one attached hydrogen (secondary N) is 2. The molecule has 0 spiro atoms. The van der Waals surface area contributed by atoms with E-state index in [0.29, 0.717) is 42.4 Å². The number of hydrogen-bond acceptors (Lipinski definition) is 5. The molecule has 0 bridgehead atoms. The zero-order valence-electron chi connectivity index (χ0n) is 15.5. The zero-order valence-corrected chi connectivity index (χ0v) is 15.5. The average molecular weight is 371 g/mol. The van der Waals surface area contributed by atoms with Crippen LogP contribution >= 0.6 is 0 Å². The Kier molecular flexibility index (Phi) is 7.63. The van der Waals surface area contributed by atoms with E-state index in [2.05, 4.69) is 10.6 Å². The van der Waals surface area contributed by atoms with E-state index < -0.39 is 0 Å². The molecule has 0 aliphatic carbocycles. The summed E-state index contributed by atoms with van der Waals surface area (Å²) in [7, 11) is 1.57. The highest BCUT2D eigenvalue weighted by Gasteiger charge is 2.10. The van der Waals surface area contributed by atoms with Gasteiger partial charge in [-0.2, -0.15) is 0 Å². The van der Waals surface area contributed by atoms with E-state index >= 15 is 0 Å². The van der Waals surface area contributed by atoms with Crippen molar-refractivity contribution in [1.82, 2.24) is 5.32 Å². The first-order valence-corrected chi connectivity index (χ1v) is 8.69. The smallest absolute Gasteiger partial charge is 0.255 e. The molecule has 7 nitrogen and oxygen atoms in total. The van der Waals surface area contributed by atoms with Gasteiger partial charge in [0.15, 0.2) is 0 Å². The third-order valence-electron chi connectivity index (χ3n) is 3.92. The summed E-state index contributed by atoms with van der Waals surface area (Å²) in [6.07, 6.45) is 0. The van der Waals surface area contributed by atoms with Gasteiger partial charge in [-0.25, -0.2) is 0 Å². The summed E-state index contributed by atoms with van der Waals surface area (Å²) in [4.78, 5) is 23.9. The van der Waals surface area contributed by atoms with E-state index in [1.54, 1.807) is 62.6 Å². The van der Waals surface area contributed by atoms with Gasteiger partial charge in [0.05, 0.1) is 13.7 Å². The number of nitrogens with two attached hydrogens (primary N) is 1. The monoisotopic (exact) mass is 371 g/mol. The van der Waals surface area contributed by atoms with Crippen molar-refractivity contribution in [2.45, 2.75) is 6.92 Å². The fourth-order valence-electron chi connectivity index (χ4n) is 2.23. The van der Waals surface area contributed by atoms with Crippen molar-refractivity contribution in [3.8, 4) is 11.5 Å². The third kappa shape index (κ3) is 6.31. The molecule has 2 aromatic rings. The van der Waals surface area contributed by atoms with Crippen LogP contribution < -0.4 is 25.8 Å². The molecular weight excluding hydrogens is 346 g/mol. The molecule has 4 N–H and O–H groups in total. The number of anilines is 1. The summed E-state index contributed by atoms with van der Waals surface area (Å²) >= 11 is 0. The van der Waals surface area contributed by atoms with Crippen LogP contribution in [0.2, 0.25) is 0 Å². The predicted molar refractivity (Wildman–Crippen MR) is 104 cm³/mol. The van der Waals surface area contributed by atoms with E-state index in [9.17, 15) is 9.59 Å². The molecule has 2 amide bonds. The van der Waals surface area contributed by atoms with Gasteiger partial charge in [-0.15, -0.1) is 0 Å². The van der Waals surface area contributed by atoms with Gasteiger partial charge in [-0.05, 0) is 36.4 Å². The zero-order chi connectivity index (χ0) is 19.6. The Hall–Kier alpha value is -3.06. The lowest BCUT2D eigenvalue weighted by atomic mass is 10.2. The number of methoxy groups -OCH3 is 1. The standard InChI is InChI=1S/C20H25N3O4/c1-14(13-21)19(24)22-10-11-27-18-5-3-4-16(12-18)23-20(25)15-6-8-17(26-2)9-7-15/h3-9,12,14H,10-11,13,21H2,1-2H3,(H,22,24)(H,23,25). The van der Waals surface area contributed by atoms with Crippen molar-refractivity contribution in [1.29, 1.82) is 0 Å². The van der Waals surface area contributed by atoms with Crippen molar-refractivity contribution < 1.29 is 19.1 Å². The molecule has 0 radical (unpaired) electrons. The van der Waals surface area contributed by atoms with Gasteiger partial charge in [0.25, 0.3) is 5.91 Å². The molecule has 0 aliphatic heterocycles. The van der Waals surface area contributed by atoms with Crippen LogP contribution in [0.25, 0.3) is 0 Å². The van der Waals surface area contributed by atoms with Crippen LogP contribution in [0.1, 0.15) is 17.3 Å². The summed E-state index contributed by atoms with van der Waals surface area (Å²) < 4.78 is 10.7. The van der Waals surface area contributed by atoms with Gasteiger partial charge >= 0.3 is 0 Å². The molecule has 2 rings (SSSR count). The maximum atomic E-state index is 12.3. The molecule has 7 heteroatoms. The second kappa shape index (κ2) is 10.2. The number of benzene rings is 2. The molecule has 0 fully saturated rings. The van der Waals surface area contributed by atoms with Gasteiger partial charge in [-0.3, -0.25) is 9.59 Å². The molecule has 0 saturated carbocycles. The number of rotatable bonds is 9. The van der Waals surface area contributed by atoms with E-state index in [1.807, 2.05) is 0 Å². The molecule has 1 atom stereocenters. The quantitative estimate of drug-likeness (QED) is 0.586. The second-order valence-corrected chi connectivity index (χ2v) is 5.99. The molecule has 144 valence electrons. The van der Waals surface area contributed by atoms with E-state index in [1.165, 1.54) is 0 Å². The molecule has 27 heavy (non-hydrogen) atoms. The fourth-order valence-corrected chi connectivity index (χ4v) is 2.23. The molecule has 2 aromatic carbocycles. The van der Waals surface area contributed by atoms with Gasteiger partial charge in [-0.1, -0.05) is 13.0 Å². The topological polar surface area (TPSA) is 103 Å². The fraction of sp³-hybridized carbons (Fsp3) is 0.300. The lowest BCUT2D eigenvalue weighted by Gasteiger charge is -2.12. The molecule has 0 aliphatic rings. The predicted octanol–water partition coefficient (Wildman–Crippen LogP) is 2.04. The van der Waals surface area contributed by atoms with Gasteiger partial charge < -0.3 is 25.8 Å². The van der Waals surface area contributed by atoms with Crippen molar-refractivity contribution in [2.75, 3.05) is 32.1 Å². The normalized spacial score (nSPS) is 11.4. The van der Waals surface area contributed by atoms with Gasteiger partial charge in [0.2, 0.25) is 5.91 Å². The van der Waals surface area contributed by atoms with Crippen LogP contribution in [0.15, 0.2) is 48.5 Å². The van der Waals surface area contributed by atoms with Crippen LogP contribution in [0.4, 0.5) is 5.69 Å². The summed E-state index contributed by atoms with van der Waals surface area (Å²) in [5, 5.41) is 5.58. The van der Waals surface area contributed by atoms with E-state index in [-0.39, 0.29) is 17.7 Å². The Morgan fingerprint density at radius 1 is 1.11 bits per heavy atom. The molecular formula is C20H25N3O4. The summed E-state index contributed by atoms with van der Waals surface area (Å²) in [5.41, 5.74) is 6.59. The van der Waals surface area contributed by atoms with Crippen LogP contribution in [-0.4, -0.2) is 38.6 Å². The minimum atomic E-state index is -0.224. The van der Waals surface area contributed by atoms with E-state index in [4.69, 9.17) is 15.2 Å². The summed E-state index contributed by atoms with van der Waals surface area (Å²) in [6.45, 7) is 2.78. The Morgan fingerprint density at radius 2 is 1.85 bits per heavy atom. The van der Waals surface area contributed by atoms with Crippen molar-refractivity contribution in [3.05, 3.63) is 54.1 Å². The van der Waals surface area contributed by atoms with Crippen LogP contribution in [0.3, 0.4) is 0 Å². The van der Waals surface area contributed by atoms with Crippen LogP contribution in [0, 0.1) is 5.92 Å². The number of carbonyl (C=O) groups is 2. The number of hydrogen-bond donors (Lipinski definition) is 3. The minimum Gasteiger partial charge on any atom is -0.497 e. The minimum absolute atomic E-state index is 0.0957. The first kappa shape index (κ1) is 20.3. The number of ether oxygens (including phenoxy) is 2. The first-order valence-electron chi connectivity index (χ1n) is 8.69. The molecule has 0 heterocycles. The van der Waals surface area contributed by atoms with E-state index in [0.717, 1.165) is 0 Å². The highest BCUT2D eigenvalue weighted by molar-refractivity contribution is 6.04. The maximum absolute atomic E-state index is 12.3. The largest absolute Gasteiger partial charge is 0.497 e. The van der Waals surface area contributed by atoms with Gasteiger partial charge in [0.1, 0.15) is 18.1 Å². The Bertz CT molecular complexity index is 762. The highest BCUT2D eigenvalue weighted by atomic mass is 16.5. The Morgan fingerprint density at radius 3 is 2.52 bits per heavy atom. The molecule has 0 saturated heterocycles. The lowest BCUT2D eigenvalue weighted by Crippen LogP contribution is -2.35. The first-order chi connectivity index (χ1) is 13.0. The average Bonchev–Trinajstić information content (AvgIpc) is 2.70. The number of carbonyl (C=O) groups excluding carboxylic acids is 2. The van der Waals surface area contributed by atoms with Crippen molar-refractivity contribution in [2.24, 2.45) is 11.7 Å². The van der Waals surface area contributed by atoms with Crippen LogP contribution in [0.5, 0.6) is 11.5 Å². The van der Waals surface area contributed by atoms with Crippen molar-refractivity contribution >= 4 is 17.5 Å². The Balaban J connectivity index is 1.85. The SMILES string of the molecule is COc1ccc(C(=O)Nc2cccc(OCCNC(=O)C(C)CN)c2)cc1. The summed E-state index contributed by atoms with van der Waals surface area (Å²) in [6, 6.07) is 13.9. The van der Waals surface area contributed by atoms with Gasteiger partial charge in [0, 0.05) is 29.8 Å².